The van der Waals surface area contributed by atoms with E-state index < -0.39 is 23.2 Å². The highest BCUT2D eigenvalue weighted by atomic mass is 19.4. The first-order valence-electron chi connectivity index (χ1n) is 11.6. The number of nitrogens with one attached hydrogen (secondary N) is 1. The van der Waals surface area contributed by atoms with Crippen LogP contribution in [0.2, 0.25) is 0 Å². The van der Waals surface area contributed by atoms with Gasteiger partial charge < -0.3 is 14.8 Å². The molecule has 0 saturated heterocycles. The van der Waals surface area contributed by atoms with Gasteiger partial charge >= 0.3 is 6.18 Å². The molecule has 194 valence electrons. The molecule has 0 radical (unpaired) electrons. The number of benzene rings is 2. The number of amides is 1. The van der Waals surface area contributed by atoms with Gasteiger partial charge in [-0.2, -0.15) is 18.4 Å². The molecule has 0 spiro atoms. The summed E-state index contributed by atoms with van der Waals surface area (Å²) in [6.45, 7) is 4.89. The minimum atomic E-state index is -4.52. The molecule has 0 fully saturated rings. The molecule has 1 amide bonds. The Kier molecular flexibility index (Phi) is 8.43. The van der Waals surface area contributed by atoms with Crippen LogP contribution in [0.15, 0.2) is 66.9 Å². The molecule has 3 rings (SSSR count). The fourth-order valence-electron chi connectivity index (χ4n) is 3.84. The van der Waals surface area contributed by atoms with Crippen molar-refractivity contribution in [2.75, 3.05) is 7.11 Å². The van der Waals surface area contributed by atoms with Gasteiger partial charge in [-0.15, -0.1) is 0 Å². The maximum Gasteiger partial charge on any atom is 0.417 e. The number of rotatable bonds is 9. The van der Waals surface area contributed by atoms with Gasteiger partial charge in [0, 0.05) is 24.2 Å². The van der Waals surface area contributed by atoms with Gasteiger partial charge in [0.05, 0.1) is 24.3 Å². The van der Waals surface area contributed by atoms with E-state index in [0.717, 1.165) is 29.0 Å². The Labute approximate surface area is 214 Å². The van der Waals surface area contributed by atoms with Crippen LogP contribution in [0.3, 0.4) is 0 Å². The number of carbonyl (C=O) groups is 1. The number of aromatic nitrogens is 1. The Morgan fingerprint density at radius 3 is 2.38 bits per heavy atom. The minimum absolute atomic E-state index is 0.0997. The Hall–Kier alpha value is -4.06. The van der Waals surface area contributed by atoms with Crippen molar-refractivity contribution in [2.24, 2.45) is 0 Å². The monoisotopic (exact) mass is 511 g/mol. The summed E-state index contributed by atoms with van der Waals surface area (Å²) in [6, 6.07) is 18.5. The molecule has 9 heteroatoms. The third-order valence-corrected chi connectivity index (χ3v) is 5.99. The molecule has 2 aromatic carbocycles. The first-order chi connectivity index (χ1) is 17.4. The molecule has 6 nitrogen and oxygen atoms in total. The Morgan fingerprint density at radius 2 is 1.81 bits per heavy atom. The van der Waals surface area contributed by atoms with Crippen LogP contribution < -0.4 is 14.8 Å². The normalized spacial score (nSPS) is 13.2. The number of hydrogen-bond donors (Lipinski definition) is 1. The van der Waals surface area contributed by atoms with E-state index in [1.54, 1.807) is 25.3 Å². The van der Waals surface area contributed by atoms with Crippen LogP contribution in [0.25, 0.3) is 0 Å². The van der Waals surface area contributed by atoms with E-state index >= 15 is 0 Å². The molecule has 0 unspecified atom stereocenters. The molecular formula is C28H28F3N3O3. The lowest BCUT2D eigenvalue weighted by Gasteiger charge is -2.30. The van der Waals surface area contributed by atoms with Crippen molar-refractivity contribution in [2.45, 2.75) is 50.9 Å². The molecule has 1 N–H and O–H groups in total. The van der Waals surface area contributed by atoms with Crippen LogP contribution in [0.5, 0.6) is 11.6 Å². The van der Waals surface area contributed by atoms with Gasteiger partial charge in [0.2, 0.25) is 5.88 Å². The maximum absolute atomic E-state index is 13.2. The number of hydrogen-bond acceptors (Lipinski definition) is 5. The van der Waals surface area contributed by atoms with Gasteiger partial charge in [-0.3, -0.25) is 4.79 Å². The average molecular weight is 512 g/mol. The molecule has 2 atom stereocenters. The van der Waals surface area contributed by atoms with Crippen LogP contribution in [-0.4, -0.2) is 29.6 Å². The molecule has 0 aliphatic heterocycles. The fourth-order valence-corrected chi connectivity index (χ4v) is 3.84. The number of carbonyl (C=O) groups excluding carboxylic acids is 1. The third-order valence-electron chi connectivity index (χ3n) is 5.99. The zero-order valence-corrected chi connectivity index (χ0v) is 21.0. The highest BCUT2D eigenvalue weighted by Gasteiger charge is 2.34. The summed E-state index contributed by atoms with van der Waals surface area (Å²) in [5.74, 6) is -0.0234. The van der Waals surface area contributed by atoms with E-state index in [9.17, 15) is 23.2 Å². The van der Waals surface area contributed by atoms with Crippen molar-refractivity contribution in [1.29, 1.82) is 5.26 Å². The van der Waals surface area contributed by atoms with E-state index in [0.29, 0.717) is 18.2 Å². The first-order valence-corrected chi connectivity index (χ1v) is 11.6. The topological polar surface area (TPSA) is 84.2 Å². The van der Waals surface area contributed by atoms with Gasteiger partial charge in [-0.1, -0.05) is 24.3 Å². The van der Waals surface area contributed by atoms with E-state index in [1.165, 1.54) is 13.8 Å². The second-order valence-electron chi connectivity index (χ2n) is 9.15. The van der Waals surface area contributed by atoms with Crippen molar-refractivity contribution >= 4 is 5.91 Å². The van der Waals surface area contributed by atoms with Crippen LogP contribution >= 0.6 is 0 Å². The van der Waals surface area contributed by atoms with Gasteiger partial charge in [-0.25, -0.2) is 4.98 Å². The number of halogens is 3. The van der Waals surface area contributed by atoms with Gasteiger partial charge in [0.1, 0.15) is 5.75 Å². The molecule has 3 aromatic rings. The van der Waals surface area contributed by atoms with E-state index in [4.69, 9.17) is 9.47 Å². The molecule has 0 bridgehead atoms. The predicted octanol–water partition coefficient (Wildman–Crippen LogP) is 5.67. The Bertz CT molecular complexity index is 1250. The summed E-state index contributed by atoms with van der Waals surface area (Å²) in [4.78, 5) is 16.9. The van der Waals surface area contributed by atoms with Crippen molar-refractivity contribution < 1.29 is 27.4 Å². The number of methoxy groups -OCH3 is 1. The summed E-state index contributed by atoms with van der Waals surface area (Å²) in [6.07, 6.45) is -3.28. The molecule has 1 heterocycles. The number of ether oxygens (including phenoxy) is 2. The number of pyridine rings is 1. The predicted molar refractivity (Wildman–Crippen MR) is 132 cm³/mol. The lowest BCUT2D eigenvalue weighted by Crippen LogP contribution is -2.51. The molecule has 0 aliphatic carbocycles. The second-order valence-corrected chi connectivity index (χ2v) is 9.15. The molecule has 37 heavy (non-hydrogen) atoms. The Morgan fingerprint density at radius 1 is 1.11 bits per heavy atom. The second kappa shape index (κ2) is 11.3. The molecular weight excluding hydrogens is 483 g/mol. The molecule has 0 saturated carbocycles. The molecule has 1 aromatic heterocycles. The summed E-state index contributed by atoms with van der Waals surface area (Å²) < 4.78 is 49.3. The van der Waals surface area contributed by atoms with Gasteiger partial charge in [0.15, 0.2) is 5.60 Å². The van der Waals surface area contributed by atoms with Gasteiger partial charge in [0.25, 0.3) is 5.91 Å². The maximum atomic E-state index is 13.2. The first kappa shape index (κ1) is 27.5. The fraction of sp³-hybridized carbons (Fsp3) is 0.321. The lowest BCUT2D eigenvalue weighted by molar-refractivity contribution is -0.138. The summed E-state index contributed by atoms with van der Waals surface area (Å²) in [5.41, 5.74) is 0.0780. The zero-order valence-electron chi connectivity index (χ0n) is 21.0. The highest BCUT2D eigenvalue weighted by Crippen LogP contribution is 2.30. The van der Waals surface area contributed by atoms with Crippen LogP contribution in [-0.2, 0) is 17.4 Å². The third kappa shape index (κ3) is 7.23. The van der Waals surface area contributed by atoms with Crippen LogP contribution in [0.1, 0.15) is 48.9 Å². The van der Waals surface area contributed by atoms with Gasteiger partial charge in [-0.05, 0) is 68.7 Å². The minimum Gasteiger partial charge on any atom is -0.497 e. The van der Waals surface area contributed by atoms with E-state index in [2.05, 4.69) is 16.4 Å². The Balaban J connectivity index is 1.79. The average Bonchev–Trinajstić information content (AvgIpc) is 2.87. The summed E-state index contributed by atoms with van der Waals surface area (Å²) in [7, 11) is 1.59. The number of nitriles is 1. The van der Waals surface area contributed by atoms with Crippen LogP contribution in [0, 0.1) is 11.3 Å². The summed E-state index contributed by atoms with van der Waals surface area (Å²) in [5, 5.41) is 12.3. The SMILES string of the molecule is COc1ccc(C[C@@H](c2cccc(C#N)c2)[C@H](C)NC(=O)C(C)(C)Oc2ccc(C(F)(F)F)cn2)cc1. The van der Waals surface area contributed by atoms with E-state index in [-0.39, 0.29) is 17.8 Å². The number of nitrogens with zero attached hydrogens (tertiary/aromatic N) is 2. The van der Waals surface area contributed by atoms with Crippen molar-refractivity contribution in [1.82, 2.24) is 10.3 Å². The number of alkyl halides is 3. The summed E-state index contributed by atoms with van der Waals surface area (Å²) >= 11 is 0. The lowest BCUT2D eigenvalue weighted by atomic mass is 9.85. The highest BCUT2D eigenvalue weighted by molar-refractivity contribution is 5.85. The smallest absolute Gasteiger partial charge is 0.417 e. The van der Waals surface area contributed by atoms with Crippen molar-refractivity contribution in [3.05, 3.63) is 89.1 Å². The largest absolute Gasteiger partial charge is 0.497 e. The zero-order chi connectivity index (χ0) is 27.2. The molecule has 0 aliphatic rings. The van der Waals surface area contributed by atoms with Crippen molar-refractivity contribution in [3.63, 3.8) is 0 Å². The van der Waals surface area contributed by atoms with Crippen LogP contribution in [0.4, 0.5) is 13.2 Å². The standard InChI is InChI=1S/C28H28F3N3O3/c1-18(34-26(35)27(2,3)37-25-13-10-22(17-33-25)28(29,30)31)24(21-7-5-6-20(14-21)16-32)15-19-8-11-23(36-4)12-9-19/h5-14,17-18,24H,15H2,1-4H3,(H,34,35)/t18-,24+/m0/s1. The quantitative estimate of drug-likeness (QED) is 0.400. The van der Waals surface area contributed by atoms with E-state index in [1.807, 2.05) is 37.3 Å². The van der Waals surface area contributed by atoms with Crippen molar-refractivity contribution in [3.8, 4) is 17.7 Å².